The maximum Gasteiger partial charge on any atom is 0.331 e. The van der Waals surface area contributed by atoms with E-state index in [9.17, 15) is 24.5 Å². The molecule has 0 unspecified atom stereocenters. The highest BCUT2D eigenvalue weighted by Gasteiger charge is 2.26. The summed E-state index contributed by atoms with van der Waals surface area (Å²) in [6.07, 6.45) is -0.169. The first-order valence-corrected chi connectivity index (χ1v) is 9.87. The molecule has 32 heavy (non-hydrogen) atoms. The smallest absolute Gasteiger partial charge is 0.331 e. The van der Waals surface area contributed by atoms with E-state index in [2.05, 4.69) is 10.3 Å². The monoisotopic (exact) mass is 445 g/mol. The van der Waals surface area contributed by atoms with Crippen LogP contribution in [-0.4, -0.2) is 47.0 Å². The minimum absolute atomic E-state index is 0.0518. The predicted molar refractivity (Wildman–Crippen MR) is 111 cm³/mol. The van der Waals surface area contributed by atoms with Gasteiger partial charge in [0.25, 0.3) is 11.8 Å². The maximum absolute atomic E-state index is 12.7. The lowest BCUT2D eigenvalue weighted by molar-refractivity contribution is -0.386. The van der Waals surface area contributed by atoms with E-state index in [4.69, 9.17) is 14.2 Å². The number of carbonyl (C=O) groups excluding carboxylic acids is 3. The number of nitrogens with zero attached hydrogens (tertiary/aromatic N) is 2. The number of hydrogen-bond donors (Lipinski definition) is 1. The number of nitrogens with one attached hydrogen (secondary N) is 1. The summed E-state index contributed by atoms with van der Waals surface area (Å²) in [5, 5.41) is 13.8. The van der Waals surface area contributed by atoms with E-state index in [0.29, 0.717) is 5.75 Å². The van der Waals surface area contributed by atoms with E-state index in [1.807, 2.05) is 0 Å². The summed E-state index contributed by atoms with van der Waals surface area (Å²) >= 11 is 0. The van der Waals surface area contributed by atoms with Gasteiger partial charge in [-0.3, -0.25) is 19.7 Å². The lowest BCUT2D eigenvalue weighted by Gasteiger charge is -2.17. The highest BCUT2D eigenvalue weighted by Crippen LogP contribution is 2.29. The molecule has 0 bridgehead atoms. The summed E-state index contributed by atoms with van der Waals surface area (Å²) < 4.78 is 15.3. The van der Waals surface area contributed by atoms with Crippen LogP contribution in [-0.2, 0) is 19.1 Å². The standard InChI is InChI=1S/C21H23N3O8/c1-3-30-18(25)13-11-16(21(27)31-4-2)22-19(26)15-10-12-17(24(28)29)20(23-15)32-14-8-6-5-7-9-14/h5-10,12,16H,3-4,11,13H2,1-2H3,(H,22,26)/t16-/m0/s1. The van der Waals surface area contributed by atoms with Crippen LogP contribution in [0.5, 0.6) is 11.6 Å². The topological polar surface area (TPSA) is 147 Å². The van der Waals surface area contributed by atoms with E-state index in [1.165, 1.54) is 0 Å². The van der Waals surface area contributed by atoms with Gasteiger partial charge in [-0.25, -0.2) is 9.78 Å². The molecule has 11 heteroatoms. The molecule has 1 atom stereocenters. The molecule has 1 amide bonds. The molecule has 1 N–H and O–H groups in total. The van der Waals surface area contributed by atoms with Crippen molar-refractivity contribution in [1.29, 1.82) is 0 Å². The van der Waals surface area contributed by atoms with Crippen LogP contribution < -0.4 is 10.1 Å². The zero-order chi connectivity index (χ0) is 23.5. The highest BCUT2D eigenvalue weighted by atomic mass is 16.6. The second-order valence-corrected chi connectivity index (χ2v) is 6.31. The van der Waals surface area contributed by atoms with Crippen LogP contribution in [0.25, 0.3) is 0 Å². The number of rotatable bonds is 11. The molecule has 2 rings (SSSR count). The quantitative estimate of drug-likeness (QED) is 0.313. The molecule has 0 saturated carbocycles. The van der Waals surface area contributed by atoms with Gasteiger partial charge in [-0.15, -0.1) is 0 Å². The fraction of sp³-hybridized carbons (Fsp3) is 0.333. The van der Waals surface area contributed by atoms with E-state index < -0.39 is 34.5 Å². The zero-order valence-corrected chi connectivity index (χ0v) is 17.6. The van der Waals surface area contributed by atoms with Crippen LogP contribution in [0.4, 0.5) is 5.69 Å². The number of para-hydroxylation sites is 1. The molecule has 1 heterocycles. The van der Waals surface area contributed by atoms with Crippen LogP contribution in [0.3, 0.4) is 0 Å². The number of esters is 2. The third kappa shape index (κ3) is 7.04. The SMILES string of the molecule is CCOC(=O)CC[C@H](NC(=O)c1ccc([N+](=O)[O-])c(Oc2ccccc2)n1)C(=O)OCC. The first kappa shape index (κ1) is 24.3. The Labute approximate surface area is 183 Å². The number of aromatic nitrogens is 1. The van der Waals surface area contributed by atoms with Gasteiger partial charge >= 0.3 is 17.6 Å². The van der Waals surface area contributed by atoms with Gasteiger partial charge in [0.2, 0.25) is 0 Å². The number of benzene rings is 1. The third-order valence-electron chi connectivity index (χ3n) is 4.05. The molecule has 0 fully saturated rings. The third-order valence-corrected chi connectivity index (χ3v) is 4.05. The average molecular weight is 445 g/mol. The molecule has 0 spiro atoms. The van der Waals surface area contributed by atoms with Crippen molar-refractivity contribution in [2.45, 2.75) is 32.7 Å². The lowest BCUT2D eigenvalue weighted by Crippen LogP contribution is -2.42. The Morgan fingerprint density at radius 1 is 1.06 bits per heavy atom. The number of ether oxygens (including phenoxy) is 3. The number of amides is 1. The Balaban J connectivity index is 2.22. The maximum atomic E-state index is 12.7. The lowest BCUT2D eigenvalue weighted by atomic mass is 10.1. The minimum atomic E-state index is -1.14. The second kappa shape index (κ2) is 12.0. The Kier molecular flexibility index (Phi) is 9.08. The molecule has 1 aromatic carbocycles. The molecule has 1 aromatic heterocycles. The summed E-state index contributed by atoms with van der Waals surface area (Å²) in [4.78, 5) is 51.1. The summed E-state index contributed by atoms with van der Waals surface area (Å²) in [6.45, 7) is 3.52. The van der Waals surface area contributed by atoms with Gasteiger partial charge in [0, 0.05) is 12.5 Å². The largest absolute Gasteiger partial charge is 0.466 e. The van der Waals surface area contributed by atoms with Crippen molar-refractivity contribution in [2.24, 2.45) is 0 Å². The molecule has 0 aliphatic rings. The Morgan fingerprint density at radius 2 is 1.75 bits per heavy atom. The minimum Gasteiger partial charge on any atom is -0.466 e. The van der Waals surface area contributed by atoms with Gasteiger partial charge in [0.05, 0.1) is 18.1 Å². The van der Waals surface area contributed by atoms with Crippen molar-refractivity contribution < 1.29 is 33.5 Å². The second-order valence-electron chi connectivity index (χ2n) is 6.31. The molecule has 0 aliphatic heterocycles. The highest BCUT2D eigenvalue weighted by molar-refractivity contribution is 5.95. The van der Waals surface area contributed by atoms with E-state index in [0.717, 1.165) is 12.1 Å². The molecule has 0 radical (unpaired) electrons. The van der Waals surface area contributed by atoms with Gasteiger partial charge < -0.3 is 19.5 Å². The van der Waals surface area contributed by atoms with Crippen molar-refractivity contribution in [3.63, 3.8) is 0 Å². The molecule has 0 aliphatic carbocycles. The number of nitro groups is 1. The molecule has 170 valence electrons. The van der Waals surface area contributed by atoms with E-state index in [-0.39, 0.29) is 37.6 Å². The molecular weight excluding hydrogens is 422 g/mol. The van der Waals surface area contributed by atoms with Gasteiger partial charge in [-0.2, -0.15) is 0 Å². The summed E-state index contributed by atoms with van der Waals surface area (Å²) in [5.41, 5.74) is -0.651. The molecule has 2 aromatic rings. The van der Waals surface area contributed by atoms with Crippen LogP contribution in [0.2, 0.25) is 0 Å². The van der Waals surface area contributed by atoms with Gasteiger partial charge in [-0.1, -0.05) is 18.2 Å². The zero-order valence-electron chi connectivity index (χ0n) is 17.6. The first-order chi connectivity index (χ1) is 15.3. The van der Waals surface area contributed by atoms with Crippen molar-refractivity contribution in [3.05, 3.63) is 58.3 Å². The van der Waals surface area contributed by atoms with E-state index >= 15 is 0 Å². The van der Waals surface area contributed by atoms with Gasteiger partial charge in [-0.05, 0) is 38.5 Å². The Hall–Kier alpha value is -4.02. The molecular formula is C21H23N3O8. The van der Waals surface area contributed by atoms with Crippen molar-refractivity contribution in [1.82, 2.24) is 10.3 Å². The summed E-state index contributed by atoms with van der Waals surface area (Å²) in [5.74, 6) is -2.14. The van der Waals surface area contributed by atoms with Crippen LogP contribution in [0.15, 0.2) is 42.5 Å². The average Bonchev–Trinajstić information content (AvgIpc) is 2.77. The van der Waals surface area contributed by atoms with Crippen molar-refractivity contribution in [2.75, 3.05) is 13.2 Å². The normalized spacial score (nSPS) is 11.2. The van der Waals surface area contributed by atoms with Crippen LogP contribution >= 0.6 is 0 Å². The molecule has 11 nitrogen and oxygen atoms in total. The van der Waals surface area contributed by atoms with Crippen LogP contribution in [0, 0.1) is 10.1 Å². The fourth-order valence-corrected chi connectivity index (χ4v) is 2.59. The van der Waals surface area contributed by atoms with Gasteiger partial charge in [0.15, 0.2) is 0 Å². The Morgan fingerprint density at radius 3 is 2.38 bits per heavy atom. The number of hydrogen-bond acceptors (Lipinski definition) is 9. The molecule has 0 saturated heterocycles. The van der Waals surface area contributed by atoms with Crippen molar-refractivity contribution >= 4 is 23.5 Å². The summed E-state index contributed by atoms with van der Waals surface area (Å²) in [6, 6.07) is 9.31. The summed E-state index contributed by atoms with van der Waals surface area (Å²) in [7, 11) is 0. The predicted octanol–water partition coefficient (Wildman–Crippen LogP) is 2.79. The van der Waals surface area contributed by atoms with Gasteiger partial charge in [0.1, 0.15) is 17.5 Å². The number of carbonyl (C=O) groups is 3. The van der Waals surface area contributed by atoms with Crippen LogP contribution in [0.1, 0.15) is 37.2 Å². The van der Waals surface area contributed by atoms with E-state index in [1.54, 1.807) is 44.2 Å². The Bertz CT molecular complexity index is 965. The first-order valence-electron chi connectivity index (χ1n) is 9.87. The number of pyridine rings is 1. The van der Waals surface area contributed by atoms with Crippen molar-refractivity contribution in [3.8, 4) is 11.6 Å². The fourth-order valence-electron chi connectivity index (χ4n) is 2.59.